The quantitative estimate of drug-likeness (QED) is 0.864. The molecule has 0 fully saturated rings. The molecule has 0 spiro atoms. The van der Waals surface area contributed by atoms with Crippen LogP contribution in [-0.4, -0.2) is 31.8 Å². The molecule has 0 radical (unpaired) electrons. The molecule has 1 aliphatic rings. The van der Waals surface area contributed by atoms with Gasteiger partial charge >= 0.3 is 0 Å². The summed E-state index contributed by atoms with van der Waals surface area (Å²) < 4.78 is 2.16. The van der Waals surface area contributed by atoms with Gasteiger partial charge < -0.3 is 9.88 Å². The van der Waals surface area contributed by atoms with Gasteiger partial charge in [-0.15, -0.1) is 10.2 Å². The Hall–Kier alpha value is -1.69. The lowest BCUT2D eigenvalue weighted by Crippen LogP contribution is -2.20. The predicted octanol–water partition coefficient (Wildman–Crippen LogP) is 0.657. The van der Waals surface area contributed by atoms with Gasteiger partial charge in [0.05, 0.1) is 13.6 Å². The van der Waals surface area contributed by atoms with E-state index < -0.39 is 0 Å². The highest BCUT2D eigenvalue weighted by Gasteiger charge is 2.20. The van der Waals surface area contributed by atoms with E-state index in [9.17, 15) is 0 Å². The predicted molar refractivity (Wildman–Crippen MR) is 67.1 cm³/mol. The highest BCUT2D eigenvalue weighted by molar-refractivity contribution is 5.30. The van der Waals surface area contributed by atoms with Crippen molar-refractivity contribution >= 4 is 0 Å². The van der Waals surface area contributed by atoms with Crippen LogP contribution in [0.15, 0.2) is 12.4 Å². The van der Waals surface area contributed by atoms with Crippen LogP contribution >= 0.6 is 0 Å². The lowest BCUT2D eigenvalue weighted by atomic mass is 9.91. The van der Waals surface area contributed by atoms with Crippen LogP contribution in [0.3, 0.4) is 0 Å². The zero-order valence-corrected chi connectivity index (χ0v) is 10.8. The van der Waals surface area contributed by atoms with Gasteiger partial charge in [0, 0.05) is 18.4 Å². The van der Waals surface area contributed by atoms with Crippen molar-refractivity contribution in [3.63, 3.8) is 0 Å². The largest absolute Gasteiger partial charge is 0.346 e. The molecule has 0 aromatic carbocycles. The summed E-state index contributed by atoms with van der Waals surface area (Å²) in [5.74, 6) is 0.755. The molecule has 0 amide bonds. The van der Waals surface area contributed by atoms with E-state index in [0.29, 0.717) is 12.6 Å². The molecule has 2 heterocycles. The van der Waals surface area contributed by atoms with Gasteiger partial charge in [-0.25, -0.2) is 0 Å². The zero-order chi connectivity index (χ0) is 12.5. The summed E-state index contributed by atoms with van der Waals surface area (Å²) >= 11 is 0. The minimum atomic E-state index is 0.491. The summed E-state index contributed by atoms with van der Waals surface area (Å²) in [5, 5.41) is 15.5. The molecule has 1 aliphatic carbocycles. The Bertz CT molecular complexity index is 541. The summed E-state index contributed by atoms with van der Waals surface area (Å²) in [6, 6.07) is 0.491. The normalized spacial score (nSPS) is 18.9. The van der Waals surface area contributed by atoms with Crippen molar-refractivity contribution in [3.05, 3.63) is 29.3 Å². The molecule has 3 rings (SSSR count). The van der Waals surface area contributed by atoms with Gasteiger partial charge in [-0.2, -0.15) is 4.80 Å². The first kappa shape index (κ1) is 11.4. The number of fused-ring (bicyclic) bond motifs is 1. The Morgan fingerprint density at radius 3 is 3.06 bits per heavy atom. The third-order valence-corrected chi connectivity index (χ3v) is 3.53. The Kier molecular flexibility index (Phi) is 2.87. The van der Waals surface area contributed by atoms with Gasteiger partial charge in [0.25, 0.3) is 0 Å². The van der Waals surface area contributed by atoms with E-state index in [2.05, 4.69) is 37.7 Å². The van der Waals surface area contributed by atoms with Gasteiger partial charge in [-0.3, -0.25) is 0 Å². The number of tetrazole rings is 1. The second-order valence-electron chi connectivity index (χ2n) is 4.84. The van der Waals surface area contributed by atoms with Crippen molar-refractivity contribution in [1.29, 1.82) is 0 Å². The van der Waals surface area contributed by atoms with Crippen molar-refractivity contribution in [2.75, 3.05) is 7.05 Å². The highest BCUT2D eigenvalue weighted by atomic mass is 15.6. The minimum absolute atomic E-state index is 0.491. The third-order valence-electron chi connectivity index (χ3n) is 3.53. The zero-order valence-electron chi connectivity index (χ0n) is 10.8. The van der Waals surface area contributed by atoms with Crippen LogP contribution in [0.4, 0.5) is 0 Å². The van der Waals surface area contributed by atoms with Gasteiger partial charge in [0.15, 0.2) is 5.82 Å². The third kappa shape index (κ3) is 2.03. The van der Waals surface area contributed by atoms with Crippen molar-refractivity contribution in [1.82, 2.24) is 30.1 Å². The lowest BCUT2D eigenvalue weighted by Gasteiger charge is -2.21. The molecule has 96 valence electrons. The maximum absolute atomic E-state index is 4.21. The SMILES string of the molecule is CNC1CCCc2cn(Cc3nnn(C)n3)cc21. The molecule has 0 saturated carbocycles. The van der Waals surface area contributed by atoms with E-state index in [-0.39, 0.29) is 0 Å². The average Bonchev–Trinajstić information content (AvgIpc) is 2.94. The number of aromatic nitrogens is 5. The first-order valence-electron chi connectivity index (χ1n) is 6.35. The van der Waals surface area contributed by atoms with Gasteiger partial charge in [0.2, 0.25) is 0 Å². The molecule has 2 aromatic rings. The van der Waals surface area contributed by atoms with E-state index in [4.69, 9.17) is 0 Å². The fraction of sp³-hybridized carbons (Fsp3) is 0.583. The van der Waals surface area contributed by atoms with Crippen molar-refractivity contribution in [2.45, 2.75) is 31.8 Å². The van der Waals surface area contributed by atoms with E-state index in [0.717, 1.165) is 5.82 Å². The first-order chi connectivity index (χ1) is 8.76. The summed E-state index contributed by atoms with van der Waals surface area (Å²) in [5.41, 5.74) is 2.87. The average molecular weight is 246 g/mol. The molecular weight excluding hydrogens is 228 g/mol. The van der Waals surface area contributed by atoms with Crippen LogP contribution in [0.1, 0.15) is 35.8 Å². The standard InChI is InChI=1S/C12H18N6/c1-13-11-5-3-4-9-6-18(7-10(9)11)8-12-14-16-17(2)15-12/h6-7,11,13H,3-5,8H2,1-2H3. The molecule has 6 nitrogen and oxygen atoms in total. The number of hydrogen-bond acceptors (Lipinski definition) is 4. The maximum atomic E-state index is 4.21. The van der Waals surface area contributed by atoms with Crippen molar-refractivity contribution in [3.8, 4) is 0 Å². The van der Waals surface area contributed by atoms with Crippen LogP contribution in [0.2, 0.25) is 0 Å². The van der Waals surface area contributed by atoms with Crippen LogP contribution in [0.5, 0.6) is 0 Å². The van der Waals surface area contributed by atoms with Gasteiger partial charge in [-0.1, -0.05) is 0 Å². The number of nitrogens with one attached hydrogen (secondary N) is 1. The fourth-order valence-electron chi connectivity index (χ4n) is 2.69. The summed E-state index contributed by atoms with van der Waals surface area (Å²) in [7, 11) is 3.82. The van der Waals surface area contributed by atoms with Crippen LogP contribution in [0.25, 0.3) is 0 Å². The summed E-state index contributed by atoms with van der Waals surface area (Å²) in [4.78, 5) is 1.50. The number of nitrogens with zero attached hydrogens (tertiary/aromatic N) is 5. The number of aryl methyl sites for hydroxylation is 2. The van der Waals surface area contributed by atoms with Crippen molar-refractivity contribution in [2.24, 2.45) is 7.05 Å². The smallest absolute Gasteiger partial charge is 0.194 e. The van der Waals surface area contributed by atoms with E-state index in [1.165, 1.54) is 35.2 Å². The molecule has 1 unspecified atom stereocenters. The monoisotopic (exact) mass is 246 g/mol. The Labute approximate surface area is 106 Å². The van der Waals surface area contributed by atoms with E-state index in [1.807, 2.05) is 7.05 Å². The van der Waals surface area contributed by atoms with Crippen LogP contribution < -0.4 is 5.32 Å². The number of hydrogen-bond donors (Lipinski definition) is 1. The molecule has 1 N–H and O–H groups in total. The second-order valence-corrected chi connectivity index (χ2v) is 4.84. The second kappa shape index (κ2) is 4.53. The lowest BCUT2D eigenvalue weighted by molar-refractivity contribution is 0.498. The minimum Gasteiger partial charge on any atom is -0.346 e. The maximum Gasteiger partial charge on any atom is 0.194 e. The fourth-order valence-corrected chi connectivity index (χ4v) is 2.69. The van der Waals surface area contributed by atoms with Gasteiger partial charge in [-0.05, 0) is 42.7 Å². The van der Waals surface area contributed by atoms with Crippen LogP contribution in [0, 0.1) is 0 Å². The molecule has 0 aliphatic heterocycles. The molecular formula is C12H18N6. The number of rotatable bonds is 3. The Balaban J connectivity index is 1.84. The Morgan fingerprint density at radius 1 is 1.44 bits per heavy atom. The topological polar surface area (TPSA) is 60.6 Å². The molecule has 2 aromatic heterocycles. The van der Waals surface area contributed by atoms with Gasteiger partial charge in [0.1, 0.15) is 0 Å². The summed E-state index contributed by atoms with van der Waals surface area (Å²) in [6.45, 7) is 0.692. The molecule has 0 saturated heterocycles. The van der Waals surface area contributed by atoms with E-state index in [1.54, 1.807) is 7.05 Å². The molecule has 6 heteroatoms. The molecule has 1 atom stereocenters. The first-order valence-corrected chi connectivity index (χ1v) is 6.35. The molecule has 18 heavy (non-hydrogen) atoms. The summed E-state index contributed by atoms with van der Waals surface area (Å²) in [6.07, 6.45) is 8.08. The highest BCUT2D eigenvalue weighted by Crippen LogP contribution is 2.30. The van der Waals surface area contributed by atoms with Crippen molar-refractivity contribution < 1.29 is 0 Å². The molecule has 0 bridgehead atoms. The Morgan fingerprint density at radius 2 is 2.33 bits per heavy atom. The van der Waals surface area contributed by atoms with E-state index >= 15 is 0 Å². The van der Waals surface area contributed by atoms with Crippen LogP contribution in [-0.2, 0) is 20.0 Å².